The molecule has 0 saturated heterocycles. The van der Waals surface area contributed by atoms with E-state index >= 15 is 0 Å². The Morgan fingerprint density at radius 3 is 2.82 bits per heavy atom. The monoisotopic (exact) mass is 414 g/mol. The fraction of sp³-hybridized carbons (Fsp3) is 0.118. The minimum Gasteiger partial charge on any atom is -0.464 e. The third-order valence-electron chi connectivity index (χ3n) is 3.60. The molecule has 0 fully saturated rings. The molecule has 0 bridgehead atoms. The van der Waals surface area contributed by atoms with E-state index in [0.717, 1.165) is 22.0 Å². The van der Waals surface area contributed by atoms with Gasteiger partial charge in [-0.25, -0.2) is 9.97 Å². The number of amides is 1. The molecule has 0 saturated carbocycles. The fourth-order valence-electron chi connectivity index (χ4n) is 2.47. The molecule has 1 amide bonds. The first-order valence-electron chi connectivity index (χ1n) is 8.09. The molecule has 0 aliphatic carbocycles. The van der Waals surface area contributed by atoms with Gasteiger partial charge in [-0.05, 0) is 19.1 Å². The first-order valence-corrected chi connectivity index (χ1v) is 9.78. The summed E-state index contributed by atoms with van der Waals surface area (Å²) in [7, 11) is 0. The van der Waals surface area contributed by atoms with E-state index in [2.05, 4.69) is 35.3 Å². The maximum Gasteiger partial charge on any atom is 0.415 e. The number of carbonyl (C=O) groups is 1. The second-order valence-electron chi connectivity index (χ2n) is 5.76. The zero-order valence-corrected chi connectivity index (χ0v) is 16.4. The number of thiazole rings is 2. The normalized spacial score (nSPS) is 10.8. The van der Waals surface area contributed by atoms with Crippen molar-refractivity contribution in [3.8, 4) is 28.0 Å². The predicted octanol–water partition coefficient (Wildman–Crippen LogP) is 4.03. The number of nitrogens with zero attached hydrogens (tertiary/aromatic N) is 4. The average molecular weight is 414 g/mol. The number of aromatic nitrogens is 4. The number of anilines is 3. The van der Waals surface area contributed by atoms with Crippen molar-refractivity contribution in [1.29, 1.82) is 0 Å². The van der Waals surface area contributed by atoms with Crippen LogP contribution in [0, 0.1) is 6.92 Å². The topological polar surface area (TPSA) is 126 Å². The summed E-state index contributed by atoms with van der Waals surface area (Å²) in [6, 6.07) is 7.37. The van der Waals surface area contributed by atoms with Crippen LogP contribution in [0.1, 0.15) is 12.6 Å². The molecule has 28 heavy (non-hydrogen) atoms. The largest absolute Gasteiger partial charge is 0.464 e. The molecule has 11 heteroatoms. The Hall–Kier alpha value is -3.31. The minimum atomic E-state index is -0.475. The van der Waals surface area contributed by atoms with E-state index in [1.807, 2.05) is 36.6 Å². The number of hydrogen-bond acceptors (Lipinski definition) is 10. The van der Waals surface area contributed by atoms with E-state index in [1.54, 1.807) is 0 Å². The van der Waals surface area contributed by atoms with Crippen molar-refractivity contribution in [3.05, 3.63) is 35.3 Å². The summed E-state index contributed by atoms with van der Waals surface area (Å²) < 4.78 is 4.60. The predicted molar refractivity (Wildman–Crippen MR) is 107 cm³/mol. The summed E-state index contributed by atoms with van der Waals surface area (Å²) in [5.74, 6) is 0.141. The number of carbonyl (C=O) groups excluding carboxylic acids is 1. The quantitative estimate of drug-likeness (QED) is 0.447. The Labute approximate surface area is 167 Å². The zero-order chi connectivity index (χ0) is 19.7. The van der Waals surface area contributed by atoms with Gasteiger partial charge in [-0.15, -0.1) is 11.3 Å². The molecular formula is C17H14N6O3S2. The van der Waals surface area contributed by atoms with Crippen LogP contribution in [0.4, 0.5) is 16.0 Å². The van der Waals surface area contributed by atoms with E-state index in [1.165, 1.54) is 29.6 Å². The van der Waals surface area contributed by atoms with Gasteiger partial charge in [0, 0.05) is 23.6 Å². The molecule has 9 nitrogen and oxygen atoms in total. The Morgan fingerprint density at radius 1 is 1.21 bits per heavy atom. The van der Waals surface area contributed by atoms with Crippen LogP contribution in [-0.2, 0) is 4.79 Å². The van der Waals surface area contributed by atoms with Gasteiger partial charge in [-0.1, -0.05) is 28.6 Å². The summed E-state index contributed by atoms with van der Waals surface area (Å²) >= 11 is 2.84. The van der Waals surface area contributed by atoms with Crippen LogP contribution >= 0.6 is 22.7 Å². The number of nitrogens with one attached hydrogen (secondary N) is 2. The highest BCUT2D eigenvalue weighted by atomic mass is 32.1. The number of benzene rings is 1. The van der Waals surface area contributed by atoms with Gasteiger partial charge in [-0.3, -0.25) is 9.32 Å². The SMILES string of the molecule is CC(=O)Nc1nc(C)c(-c2csc(Nc3cccc(-c4noc(O)n4)c3)n2)s1. The fourth-order valence-corrected chi connectivity index (χ4v) is 4.24. The van der Waals surface area contributed by atoms with Crippen LogP contribution in [0.3, 0.4) is 0 Å². The molecule has 0 spiro atoms. The van der Waals surface area contributed by atoms with Crippen LogP contribution in [0.2, 0.25) is 0 Å². The maximum atomic E-state index is 11.2. The lowest BCUT2D eigenvalue weighted by atomic mass is 10.2. The molecule has 0 atom stereocenters. The molecule has 4 aromatic rings. The van der Waals surface area contributed by atoms with Gasteiger partial charge in [0.2, 0.25) is 11.7 Å². The Kier molecular flexibility index (Phi) is 4.75. The highest BCUT2D eigenvalue weighted by Crippen LogP contribution is 2.35. The smallest absolute Gasteiger partial charge is 0.415 e. The third-order valence-corrected chi connectivity index (χ3v) is 5.46. The highest BCUT2D eigenvalue weighted by molar-refractivity contribution is 7.20. The van der Waals surface area contributed by atoms with Gasteiger partial charge in [-0.2, -0.15) is 4.98 Å². The lowest BCUT2D eigenvalue weighted by Crippen LogP contribution is -2.04. The number of rotatable bonds is 5. The van der Waals surface area contributed by atoms with E-state index in [4.69, 9.17) is 0 Å². The second kappa shape index (κ2) is 7.37. The number of aromatic hydroxyl groups is 1. The molecule has 0 aliphatic rings. The third kappa shape index (κ3) is 3.85. The molecule has 142 valence electrons. The standard InChI is InChI=1S/C17H14N6O3S2/c1-8-13(28-16(18-8)19-9(2)24)12-7-27-15(21-12)20-11-5-3-4-10(6-11)14-22-17(25)26-23-14/h3-7H,1-2H3,(H,20,21)(H,18,19,24)(H,22,23,25). The van der Waals surface area contributed by atoms with Crippen LogP contribution < -0.4 is 10.6 Å². The van der Waals surface area contributed by atoms with Gasteiger partial charge >= 0.3 is 6.08 Å². The van der Waals surface area contributed by atoms with Crippen molar-refractivity contribution in [2.45, 2.75) is 13.8 Å². The van der Waals surface area contributed by atoms with Crippen molar-refractivity contribution in [2.75, 3.05) is 10.6 Å². The number of aryl methyl sites for hydroxylation is 1. The van der Waals surface area contributed by atoms with Crippen LogP contribution in [-0.4, -0.2) is 31.1 Å². The Morgan fingerprint density at radius 2 is 2.07 bits per heavy atom. The van der Waals surface area contributed by atoms with Crippen molar-refractivity contribution >= 4 is 44.5 Å². The van der Waals surface area contributed by atoms with Crippen LogP contribution in [0.15, 0.2) is 34.2 Å². The Bertz CT molecular complexity index is 1150. The van der Waals surface area contributed by atoms with E-state index < -0.39 is 6.08 Å². The summed E-state index contributed by atoms with van der Waals surface area (Å²) in [5.41, 5.74) is 3.09. The molecule has 4 rings (SSSR count). The molecular weight excluding hydrogens is 400 g/mol. The Balaban J connectivity index is 1.54. The highest BCUT2D eigenvalue weighted by Gasteiger charge is 2.14. The molecule has 0 radical (unpaired) electrons. The molecule has 3 heterocycles. The lowest BCUT2D eigenvalue weighted by Gasteiger charge is -2.03. The van der Waals surface area contributed by atoms with Crippen molar-refractivity contribution in [3.63, 3.8) is 0 Å². The molecule has 3 aromatic heterocycles. The van der Waals surface area contributed by atoms with Gasteiger partial charge in [0.25, 0.3) is 0 Å². The molecule has 0 aliphatic heterocycles. The van der Waals surface area contributed by atoms with E-state index in [9.17, 15) is 9.90 Å². The van der Waals surface area contributed by atoms with E-state index in [0.29, 0.717) is 21.7 Å². The van der Waals surface area contributed by atoms with Crippen LogP contribution in [0.5, 0.6) is 6.08 Å². The van der Waals surface area contributed by atoms with Gasteiger partial charge in [0.15, 0.2) is 10.3 Å². The molecule has 3 N–H and O–H groups in total. The summed E-state index contributed by atoms with van der Waals surface area (Å²) in [6.07, 6.45) is -0.475. The van der Waals surface area contributed by atoms with Crippen LogP contribution in [0.25, 0.3) is 22.0 Å². The second-order valence-corrected chi connectivity index (χ2v) is 7.62. The number of hydrogen-bond donors (Lipinski definition) is 3. The summed E-state index contributed by atoms with van der Waals surface area (Å²) in [5, 5.41) is 22.0. The zero-order valence-electron chi connectivity index (χ0n) is 14.8. The van der Waals surface area contributed by atoms with Gasteiger partial charge in [0.05, 0.1) is 16.3 Å². The first-order chi connectivity index (χ1) is 13.5. The summed E-state index contributed by atoms with van der Waals surface area (Å²) in [6.45, 7) is 3.33. The van der Waals surface area contributed by atoms with Crippen molar-refractivity contribution in [1.82, 2.24) is 20.1 Å². The first kappa shape index (κ1) is 18.1. The lowest BCUT2D eigenvalue weighted by molar-refractivity contribution is -0.114. The molecule has 0 unspecified atom stereocenters. The summed E-state index contributed by atoms with van der Waals surface area (Å²) in [4.78, 5) is 24.9. The van der Waals surface area contributed by atoms with Crippen molar-refractivity contribution in [2.24, 2.45) is 0 Å². The maximum absolute atomic E-state index is 11.2. The van der Waals surface area contributed by atoms with Gasteiger partial charge < -0.3 is 15.7 Å². The van der Waals surface area contributed by atoms with E-state index in [-0.39, 0.29) is 5.91 Å². The average Bonchev–Trinajstić information content (AvgIpc) is 3.35. The minimum absolute atomic E-state index is 0.157. The molecule has 1 aromatic carbocycles. The van der Waals surface area contributed by atoms with Gasteiger partial charge in [0.1, 0.15) is 0 Å². The van der Waals surface area contributed by atoms with Crippen molar-refractivity contribution < 1.29 is 14.4 Å².